The molecule has 0 heteroatoms. The Labute approximate surface area is 70.3 Å². The highest BCUT2D eigenvalue weighted by Crippen LogP contribution is 2.13. The predicted octanol–water partition coefficient (Wildman–Crippen LogP) is 3.72. The van der Waals surface area contributed by atoms with E-state index in [1.807, 2.05) is 31.2 Å². The molecule has 0 heterocycles. The van der Waals surface area contributed by atoms with E-state index in [-0.39, 0.29) is 0 Å². The summed E-state index contributed by atoms with van der Waals surface area (Å²) < 4.78 is 0. The molecule has 0 N–H and O–H groups in total. The second-order valence-corrected chi connectivity index (χ2v) is 3.64. The quantitative estimate of drug-likeness (QED) is 0.526. The molecule has 0 rings (SSSR count). The van der Waals surface area contributed by atoms with Gasteiger partial charge in [0.25, 0.3) is 0 Å². The summed E-state index contributed by atoms with van der Waals surface area (Å²) in [6.45, 7) is 8.57. The minimum atomic E-state index is 0.292. The zero-order chi connectivity index (χ0) is 8.74. The Kier molecular flexibility index (Phi) is 4.60. The lowest BCUT2D eigenvalue weighted by molar-refractivity contribution is 0.544. The summed E-state index contributed by atoms with van der Waals surface area (Å²) in [5, 5.41) is 0. The summed E-state index contributed by atoms with van der Waals surface area (Å²) in [5.74, 6) is 0. The van der Waals surface area contributed by atoms with Gasteiger partial charge in [0.15, 0.2) is 0 Å². The minimum Gasteiger partial charge on any atom is -0.0877 e. The van der Waals surface area contributed by atoms with Crippen molar-refractivity contribution in [3.8, 4) is 0 Å². The van der Waals surface area contributed by atoms with Crippen molar-refractivity contribution in [3.05, 3.63) is 36.5 Å². The van der Waals surface area contributed by atoms with Gasteiger partial charge in [0.2, 0.25) is 0 Å². The summed E-state index contributed by atoms with van der Waals surface area (Å²) in [6.07, 6.45) is 12.4. The van der Waals surface area contributed by atoms with Gasteiger partial charge < -0.3 is 0 Å². The van der Waals surface area contributed by atoms with E-state index in [4.69, 9.17) is 0 Å². The van der Waals surface area contributed by atoms with Crippen LogP contribution in [0, 0.1) is 5.41 Å². The molecule has 0 aliphatic carbocycles. The first-order valence-corrected chi connectivity index (χ1v) is 4.03. The zero-order valence-electron chi connectivity index (χ0n) is 7.96. The Morgan fingerprint density at radius 3 is 1.82 bits per heavy atom. The smallest absolute Gasteiger partial charge is 0.0200 e. The molecule has 0 radical (unpaired) electrons. The Balaban J connectivity index is 3.78. The average Bonchev–Trinajstić information content (AvgIpc) is 1.85. The first-order valence-electron chi connectivity index (χ1n) is 4.03. The van der Waals surface area contributed by atoms with Crippen LogP contribution in [0.15, 0.2) is 36.5 Å². The molecule has 62 valence electrons. The van der Waals surface area contributed by atoms with Gasteiger partial charge in [0, 0.05) is 0 Å². The molecule has 0 saturated carbocycles. The zero-order valence-corrected chi connectivity index (χ0v) is 7.96. The average molecular weight is 150 g/mol. The van der Waals surface area contributed by atoms with Gasteiger partial charge in [-0.2, -0.15) is 0 Å². The van der Waals surface area contributed by atoms with Crippen molar-refractivity contribution in [3.63, 3.8) is 0 Å². The van der Waals surface area contributed by atoms with E-state index in [0.29, 0.717) is 5.41 Å². The van der Waals surface area contributed by atoms with Crippen LogP contribution in [-0.2, 0) is 0 Å². The highest BCUT2D eigenvalue weighted by molar-refractivity contribution is 5.12. The normalized spacial score (nSPS) is 14.2. The van der Waals surface area contributed by atoms with Gasteiger partial charge in [-0.15, -0.1) is 0 Å². The van der Waals surface area contributed by atoms with Gasteiger partial charge in [-0.3, -0.25) is 0 Å². The Hall–Kier alpha value is -0.780. The lowest BCUT2D eigenvalue weighted by Gasteiger charge is -2.09. The molecular formula is C11H18. The van der Waals surface area contributed by atoms with Gasteiger partial charge in [0.05, 0.1) is 0 Å². The predicted molar refractivity (Wildman–Crippen MR) is 52.5 cm³/mol. The van der Waals surface area contributed by atoms with E-state index in [9.17, 15) is 0 Å². The molecule has 0 fully saturated rings. The van der Waals surface area contributed by atoms with Crippen LogP contribution in [0.25, 0.3) is 0 Å². The molecule has 0 spiro atoms. The van der Waals surface area contributed by atoms with Crippen molar-refractivity contribution in [1.29, 1.82) is 0 Å². The molecule has 0 saturated heterocycles. The van der Waals surface area contributed by atoms with Crippen molar-refractivity contribution in [1.82, 2.24) is 0 Å². The maximum absolute atomic E-state index is 2.19. The van der Waals surface area contributed by atoms with Crippen LogP contribution in [0.3, 0.4) is 0 Å². The fourth-order valence-corrected chi connectivity index (χ4v) is 0.584. The molecule has 0 aromatic carbocycles. The number of rotatable bonds is 2. The summed E-state index contributed by atoms with van der Waals surface area (Å²) in [7, 11) is 0. The number of hydrogen-bond donors (Lipinski definition) is 0. The van der Waals surface area contributed by atoms with Gasteiger partial charge in [-0.05, 0) is 12.3 Å². The molecular weight excluding hydrogens is 132 g/mol. The van der Waals surface area contributed by atoms with Gasteiger partial charge in [-0.1, -0.05) is 57.2 Å². The SMILES string of the molecule is CC=CC=CC=CC(C)(C)C. The third kappa shape index (κ3) is 9.22. The number of hydrogen-bond acceptors (Lipinski definition) is 0. The van der Waals surface area contributed by atoms with Crippen LogP contribution >= 0.6 is 0 Å². The van der Waals surface area contributed by atoms with Crippen LogP contribution < -0.4 is 0 Å². The summed E-state index contributed by atoms with van der Waals surface area (Å²) >= 11 is 0. The van der Waals surface area contributed by atoms with Crippen molar-refractivity contribution in [2.45, 2.75) is 27.7 Å². The van der Waals surface area contributed by atoms with E-state index < -0.39 is 0 Å². The maximum Gasteiger partial charge on any atom is -0.0200 e. The molecule has 0 bridgehead atoms. The van der Waals surface area contributed by atoms with Crippen molar-refractivity contribution in [2.24, 2.45) is 5.41 Å². The van der Waals surface area contributed by atoms with Crippen LogP contribution in [-0.4, -0.2) is 0 Å². The lowest BCUT2D eigenvalue weighted by atomic mass is 9.96. The molecule has 0 nitrogen and oxygen atoms in total. The van der Waals surface area contributed by atoms with Crippen LogP contribution in [0.1, 0.15) is 27.7 Å². The van der Waals surface area contributed by atoms with Crippen LogP contribution in [0.2, 0.25) is 0 Å². The molecule has 0 aliphatic heterocycles. The van der Waals surface area contributed by atoms with Gasteiger partial charge >= 0.3 is 0 Å². The summed E-state index contributed by atoms with van der Waals surface area (Å²) in [6, 6.07) is 0. The monoisotopic (exact) mass is 150 g/mol. The molecule has 0 unspecified atom stereocenters. The minimum absolute atomic E-state index is 0.292. The van der Waals surface area contributed by atoms with E-state index in [1.54, 1.807) is 0 Å². The standard InChI is InChI=1S/C11H18/c1-5-6-7-8-9-10-11(2,3)4/h5-10H,1-4H3. The second-order valence-electron chi connectivity index (χ2n) is 3.64. The molecule has 11 heavy (non-hydrogen) atoms. The Bertz CT molecular complexity index is 163. The fourth-order valence-electron chi connectivity index (χ4n) is 0.584. The molecule has 0 atom stereocenters. The maximum atomic E-state index is 2.19. The van der Waals surface area contributed by atoms with Crippen LogP contribution in [0.4, 0.5) is 0 Å². The van der Waals surface area contributed by atoms with E-state index in [1.165, 1.54) is 0 Å². The lowest BCUT2D eigenvalue weighted by Crippen LogP contribution is -1.97. The summed E-state index contributed by atoms with van der Waals surface area (Å²) in [5.41, 5.74) is 0.292. The van der Waals surface area contributed by atoms with Gasteiger partial charge in [-0.25, -0.2) is 0 Å². The van der Waals surface area contributed by atoms with Gasteiger partial charge in [0.1, 0.15) is 0 Å². The fraction of sp³-hybridized carbons (Fsp3) is 0.455. The number of allylic oxidation sites excluding steroid dienone is 6. The molecule has 0 amide bonds. The topological polar surface area (TPSA) is 0 Å². The molecule has 0 aliphatic rings. The highest BCUT2D eigenvalue weighted by atomic mass is 14.1. The Morgan fingerprint density at radius 2 is 1.36 bits per heavy atom. The van der Waals surface area contributed by atoms with E-state index in [2.05, 4.69) is 32.9 Å². The first-order chi connectivity index (χ1) is 5.06. The molecule has 0 aromatic rings. The van der Waals surface area contributed by atoms with E-state index in [0.717, 1.165) is 0 Å². The largest absolute Gasteiger partial charge is 0.0877 e. The first kappa shape index (κ1) is 10.2. The van der Waals surface area contributed by atoms with Crippen molar-refractivity contribution < 1.29 is 0 Å². The summed E-state index contributed by atoms with van der Waals surface area (Å²) in [4.78, 5) is 0. The Morgan fingerprint density at radius 1 is 0.818 bits per heavy atom. The second kappa shape index (κ2) is 4.95. The van der Waals surface area contributed by atoms with Crippen LogP contribution in [0.5, 0.6) is 0 Å². The van der Waals surface area contributed by atoms with E-state index >= 15 is 0 Å². The molecule has 0 aromatic heterocycles. The third-order valence-electron chi connectivity index (χ3n) is 1.12. The van der Waals surface area contributed by atoms with Crippen molar-refractivity contribution in [2.75, 3.05) is 0 Å². The highest BCUT2D eigenvalue weighted by Gasteiger charge is 2.01. The third-order valence-corrected chi connectivity index (χ3v) is 1.12. The van der Waals surface area contributed by atoms with Crippen molar-refractivity contribution >= 4 is 0 Å².